The molecule has 0 bridgehead atoms. The average Bonchev–Trinajstić information content (AvgIpc) is 2.02. The van der Waals surface area contributed by atoms with Crippen LogP contribution in [0.2, 0.25) is 12.6 Å². The summed E-state index contributed by atoms with van der Waals surface area (Å²) in [5, 5.41) is 0. The van der Waals surface area contributed by atoms with E-state index in [1.807, 2.05) is 0 Å². The van der Waals surface area contributed by atoms with E-state index in [0.29, 0.717) is 13.4 Å². The number of carbonyl (C=O) groups excluding carboxylic acids is 1. The third-order valence-corrected chi connectivity index (χ3v) is 2.49. The van der Waals surface area contributed by atoms with Gasteiger partial charge in [-0.15, -0.1) is 0 Å². The van der Waals surface area contributed by atoms with Crippen LogP contribution in [0.1, 0.15) is 20.8 Å². The van der Waals surface area contributed by atoms with Crippen molar-refractivity contribution in [3.63, 3.8) is 0 Å². The first-order valence-electron chi connectivity index (χ1n) is 4.71. The molecule has 0 aromatic heterocycles. The Kier molecular flexibility index (Phi) is 5.95. The Morgan fingerprint density at radius 2 is 2.08 bits per heavy atom. The highest BCUT2D eigenvalue weighted by atomic mass is 16.5. The molecule has 0 aromatic rings. The predicted molar refractivity (Wildman–Crippen MR) is 55.4 cm³/mol. The van der Waals surface area contributed by atoms with Gasteiger partial charge in [-0.05, 0) is 18.2 Å². The van der Waals surface area contributed by atoms with Crippen LogP contribution >= 0.6 is 0 Å². The van der Waals surface area contributed by atoms with Gasteiger partial charge >= 0.3 is 7.48 Å². The molecule has 0 N–H and O–H groups in total. The fraction of sp³-hybridized carbons (Fsp3) is 0.875. The quantitative estimate of drug-likeness (QED) is 0.563. The molecular formula is C8H18B2O2. The first-order valence-corrected chi connectivity index (χ1v) is 4.71. The lowest BCUT2D eigenvalue weighted by atomic mass is 9.75. The smallest absolute Gasteiger partial charge is 0.344 e. The first kappa shape index (κ1) is 11.6. The standard InChI is InChI=1S/C8H18B2O2/c1-6(4-9)7(2)5-10-12-8(3)11/h6-7,10H,4-5,9H2,1-3H3. The third-order valence-electron chi connectivity index (χ3n) is 2.49. The lowest BCUT2D eigenvalue weighted by Gasteiger charge is -2.16. The molecule has 0 aliphatic rings. The normalized spacial score (nSPS) is 14.9. The molecule has 0 amide bonds. The minimum absolute atomic E-state index is 0.175. The van der Waals surface area contributed by atoms with Crippen LogP contribution in [0.3, 0.4) is 0 Å². The molecular weight excluding hydrogens is 150 g/mol. The zero-order valence-corrected chi connectivity index (χ0v) is 8.59. The molecule has 0 fully saturated rings. The van der Waals surface area contributed by atoms with Gasteiger partial charge in [0, 0.05) is 6.92 Å². The number of carbonyl (C=O) groups is 1. The summed E-state index contributed by atoms with van der Waals surface area (Å²) in [5.41, 5.74) is 0. The van der Waals surface area contributed by atoms with Gasteiger partial charge in [-0.2, -0.15) is 0 Å². The summed E-state index contributed by atoms with van der Waals surface area (Å²) < 4.78 is 4.87. The SMILES string of the molecule is BCC(C)C(C)CBOC(C)=O. The summed E-state index contributed by atoms with van der Waals surface area (Å²) in [4.78, 5) is 10.4. The van der Waals surface area contributed by atoms with Crippen LogP contribution < -0.4 is 0 Å². The molecule has 2 nitrogen and oxygen atoms in total. The maximum atomic E-state index is 10.4. The Morgan fingerprint density at radius 1 is 1.50 bits per heavy atom. The van der Waals surface area contributed by atoms with Crippen molar-refractivity contribution in [3.8, 4) is 0 Å². The van der Waals surface area contributed by atoms with Gasteiger partial charge < -0.3 is 4.65 Å². The number of hydrogen-bond donors (Lipinski definition) is 0. The number of hydrogen-bond acceptors (Lipinski definition) is 2. The predicted octanol–water partition coefficient (Wildman–Crippen LogP) is 0.643. The fourth-order valence-corrected chi connectivity index (χ4v) is 1.08. The van der Waals surface area contributed by atoms with Crippen LogP contribution in [0.4, 0.5) is 0 Å². The topological polar surface area (TPSA) is 26.3 Å². The molecule has 0 aliphatic heterocycles. The Hall–Kier alpha value is -0.400. The van der Waals surface area contributed by atoms with Gasteiger partial charge in [0.25, 0.3) is 5.97 Å². The van der Waals surface area contributed by atoms with E-state index < -0.39 is 0 Å². The molecule has 0 spiro atoms. The second-order valence-corrected chi connectivity index (χ2v) is 3.49. The van der Waals surface area contributed by atoms with Gasteiger partial charge in [0.1, 0.15) is 7.85 Å². The molecule has 4 heteroatoms. The molecule has 0 saturated carbocycles. The summed E-state index contributed by atoms with van der Waals surface area (Å²) in [7, 11) is 2.76. The van der Waals surface area contributed by atoms with Crippen molar-refractivity contribution in [1.82, 2.24) is 0 Å². The van der Waals surface area contributed by atoms with E-state index >= 15 is 0 Å². The molecule has 0 aromatic carbocycles. The Morgan fingerprint density at radius 3 is 2.50 bits per heavy atom. The van der Waals surface area contributed by atoms with Crippen molar-refractivity contribution in [2.45, 2.75) is 33.4 Å². The van der Waals surface area contributed by atoms with E-state index in [9.17, 15) is 4.79 Å². The summed E-state index contributed by atoms with van der Waals surface area (Å²) in [5.74, 6) is 1.20. The zero-order valence-electron chi connectivity index (χ0n) is 8.59. The van der Waals surface area contributed by atoms with Crippen molar-refractivity contribution < 1.29 is 9.45 Å². The van der Waals surface area contributed by atoms with Gasteiger partial charge in [0.05, 0.1) is 0 Å². The van der Waals surface area contributed by atoms with E-state index in [1.54, 1.807) is 0 Å². The van der Waals surface area contributed by atoms with Gasteiger partial charge in [-0.3, -0.25) is 4.79 Å². The van der Waals surface area contributed by atoms with E-state index in [2.05, 4.69) is 21.7 Å². The van der Waals surface area contributed by atoms with E-state index in [4.69, 9.17) is 4.65 Å². The Balaban J connectivity index is 3.43. The fourth-order valence-electron chi connectivity index (χ4n) is 1.08. The number of rotatable bonds is 5. The summed E-state index contributed by atoms with van der Waals surface area (Å²) in [6.07, 6.45) is 2.18. The molecule has 0 saturated heterocycles. The van der Waals surface area contributed by atoms with E-state index in [1.165, 1.54) is 13.2 Å². The molecule has 12 heavy (non-hydrogen) atoms. The molecule has 0 rings (SSSR count). The average molecular weight is 168 g/mol. The monoisotopic (exact) mass is 168 g/mol. The van der Waals surface area contributed by atoms with Gasteiger partial charge in [-0.1, -0.05) is 20.2 Å². The van der Waals surface area contributed by atoms with Crippen LogP contribution in [-0.4, -0.2) is 21.3 Å². The molecule has 68 valence electrons. The van der Waals surface area contributed by atoms with Gasteiger partial charge in [0.2, 0.25) is 0 Å². The van der Waals surface area contributed by atoms with Gasteiger partial charge in [-0.25, -0.2) is 0 Å². The largest absolute Gasteiger partial charge is 0.540 e. The van der Waals surface area contributed by atoms with Crippen LogP contribution in [-0.2, 0) is 9.45 Å². The zero-order chi connectivity index (χ0) is 9.56. The maximum Gasteiger partial charge on any atom is 0.344 e. The molecule has 2 atom stereocenters. The lowest BCUT2D eigenvalue weighted by molar-refractivity contribution is -0.131. The first-order chi connectivity index (χ1) is 5.57. The van der Waals surface area contributed by atoms with Crippen molar-refractivity contribution >= 4 is 21.3 Å². The van der Waals surface area contributed by atoms with Crippen molar-refractivity contribution in [1.29, 1.82) is 0 Å². The second-order valence-electron chi connectivity index (χ2n) is 3.49. The molecule has 2 unspecified atom stereocenters. The summed E-state index contributed by atoms with van der Waals surface area (Å²) >= 11 is 0. The van der Waals surface area contributed by atoms with E-state index in [-0.39, 0.29) is 5.97 Å². The minimum atomic E-state index is -0.175. The summed E-state index contributed by atoms with van der Waals surface area (Å²) in [6.45, 7) is 5.89. The lowest BCUT2D eigenvalue weighted by Crippen LogP contribution is -2.13. The Bertz CT molecular complexity index is 139. The van der Waals surface area contributed by atoms with Crippen molar-refractivity contribution in [2.24, 2.45) is 11.8 Å². The Labute approximate surface area is 76.7 Å². The highest BCUT2D eigenvalue weighted by molar-refractivity contribution is 6.30. The second kappa shape index (κ2) is 6.15. The van der Waals surface area contributed by atoms with Crippen LogP contribution in [0.5, 0.6) is 0 Å². The van der Waals surface area contributed by atoms with Gasteiger partial charge in [0.15, 0.2) is 0 Å². The van der Waals surface area contributed by atoms with Crippen molar-refractivity contribution in [2.75, 3.05) is 0 Å². The van der Waals surface area contributed by atoms with Crippen LogP contribution in [0.25, 0.3) is 0 Å². The van der Waals surface area contributed by atoms with Crippen LogP contribution in [0, 0.1) is 11.8 Å². The highest BCUT2D eigenvalue weighted by Crippen LogP contribution is 2.17. The highest BCUT2D eigenvalue weighted by Gasteiger charge is 2.11. The van der Waals surface area contributed by atoms with Crippen molar-refractivity contribution in [3.05, 3.63) is 0 Å². The third kappa shape index (κ3) is 5.28. The minimum Gasteiger partial charge on any atom is -0.540 e. The van der Waals surface area contributed by atoms with Crippen LogP contribution in [0.15, 0.2) is 0 Å². The molecule has 0 heterocycles. The molecule has 0 aliphatic carbocycles. The maximum absolute atomic E-state index is 10.4. The van der Waals surface area contributed by atoms with E-state index in [0.717, 1.165) is 12.2 Å². The molecule has 0 radical (unpaired) electrons. The summed E-state index contributed by atoms with van der Waals surface area (Å²) in [6, 6.07) is 0.